The highest BCUT2D eigenvalue weighted by molar-refractivity contribution is 6.29. The van der Waals surface area contributed by atoms with Crippen LogP contribution in [0.2, 0.25) is 5.15 Å². The summed E-state index contributed by atoms with van der Waals surface area (Å²) in [5, 5.41) is 0.400. The van der Waals surface area contributed by atoms with E-state index < -0.39 is 0 Å². The van der Waals surface area contributed by atoms with Gasteiger partial charge in [-0.1, -0.05) is 41.4 Å². The molecule has 86 valence electrons. The average Bonchev–Trinajstić information content (AvgIpc) is 2.33. The van der Waals surface area contributed by atoms with Gasteiger partial charge in [0.1, 0.15) is 5.15 Å². The number of benzene rings is 1. The van der Waals surface area contributed by atoms with Gasteiger partial charge >= 0.3 is 0 Å². The Bertz CT molecular complexity index is 517. The molecule has 0 bridgehead atoms. The van der Waals surface area contributed by atoms with Crippen LogP contribution in [0.15, 0.2) is 42.6 Å². The lowest BCUT2D eigenvalue weighted by Crippen LogP contribution is -2.03. The number of carbonyl (C=O) groups excluding carboxylic acids is 1. The summed E-state index contributed by atoms with van der Waals surface area (Å²) in [6.45, 7) is 2.02. The predicted octanol–water partition coefficient (Wildman–Crippen LogP) is 3.47. The van der Waals surface area contributed by atoms with Crippen LogP contribution < -0.4 is 0 Å². The maximum Gasteiger partial charge on any atom is 0.168 e. The first-order valence-corrected chi connectivity index (χ1v) is 5.73. The third kappa shape index (κ3) is 3.14. The zero-order valence-corrected chi connectivity index (χ0v) is 10.2. The lowest BCUT2D eigenvalue weighted by Gasteiger charge is -2.02. The highest BCUT2D eigenvalue weighted by atomic mass is 35.5. The molecule has 2 nitrogen and oxygen atoms in total. The minimum Gasteiger partial charge on any atom is -0.294 e. The van der Waals surface area contributed by atoms with Crippen LogP contribution in [0.25, 0.3) is 0 Å². The van der Waals surface area contributed by atoms with E-state index in [1.165, 1.54) is 11.8 Å². The molecule has 0 aliphatic heterocycles. The summed E-state index contributed by atoms with van der Waals surface area (Å²) in [5.41, 5.74) is 2.79. The van der Waals surface area contributed by atoms with E-state index in [4.69, 9.17) is 11.6 Å². The molecule has 0 saturated carbocycles. The quantitative estimate of drug-likeness (QED) is 0.612. The third-order valence-electron chi connectivity index (χ3n) is 2.53. The molecule has 1 aromatic carbocycles. The zero-order valence-electron chi connectivity index (χ0n) is 9.48. The van der Waals surface area contributed by atoms with Crippen LogP contribution in [0, 0.1) is 6.92 Å². The molecular weight excluding hydrogens is 234 g/mol. The molecule has 2 aromatic rings. The number of hydrogen-bond donors (Lipinski definition) is 0. The molecule has 0 radical (unpaired) electrons. The van der Waals surface area contributed by atoms with E-state index in [2.05, 4.69) is 4.98 Å². The molecule has 0 amide bonds. The third-order valence-corrected chi connectivity index (χ3v) is 2.76. The van der Waals surface area contributed by atoms with Crippen LogP contribution in [0.4, 0.5) is 0 Å². The molecule has 17 heavy (non-hydrogen) atoms. The summed E-state index contributed by atoms with van der Waals surface area (Å²) in [5.74, 6) is 0.0537. The lowest BCUT2D eigenvalue weighted by atomic mass is 10.0. The first-order chi connectivity index (χ1) is 8.15. The number of Topliss-reactive ketones (excluding diaryl/α,β-unsaturated/α-hetero) is 1. The van der Waals surface area contributed by atoms with Crippen molar-refractivity contribution in [3.05, 3.63) is 64.4 Å². The van der Waals surface area contributed by atoms with Crippen LogP contribution >= 0.6 is 11.6 Å². The van der Waals surface area contributed by atoms with Crippen molar-refractivity contribution in [2.24, 2.45) is 0 Å². The summed E-state index contributed by atoms with van der Waals surface area (Å²) in [6.07, 6.45) is 1.91. The van der Waals surface area contributed by atoms with Crippen LogP contribution in [0.3, 0.4) is 0 Å². The van der Waals surface area contributed by atoms with Crippen LogP contribution in [-0.4, -0.2) is 10.8 Å². The second-order valence-electron chi connectivity index (χ2n) is 3.96. The molecule has 0 atom stereocenters. The highest BCUT2D eigenvalue weighted by Crippen LogP contribution is 2.10. The van der Waals surface area contributed by atoms with Gasteiger partial charge in [-0.05, 0) is 24.6 Å². The van der Waals surface area contributed by atoms with Crippen molar-refractivity contribution < 1.29 is 4.79 Å². The van der Waals surface area contributed by atoms with Gasteiger partial charge in [0.2, 0.25) is 0 Å². The van der Waals surface area contributed by atoms with Crippen LogP contribution in [0.5, 0.6) is 0 Å². The highest BCUT2D eigenvalue weighted by Gasteiger charge is 2.07. The maximum atomic E-state index is 11.9. The summed E-state index contributed by atoms with van der Waals surface area (Å²) in [6, 6.07) is 11.3. The van der Waals surface area contributed by atoms with Crippen molar-refractivity contribution in [2.75, 3.05) is 0 Å². The first-order valence-electron chi connectivity index (χ1n) is 5.35. The number of rotatable bonds is 3. The molecule has 0 unspecified atom stereocenters. The van der Waals surface area contributed by atoms with E-state index in [1.807, 2.05) is 31.2 Å². The van der Waals surface area contributed by atoms with Gasteiger partial charge in [-0.2, -0.15) is 0 Å². The van der Waals surface area contributed by atoms with Gasteiger partial charge in [0.15, 0.2) is 5.78 Å². The number of aryl methyl sites for hydroxylation is 1. The monoisotopic (exact) mass is 245 g/mol. The zero-order chi connectivity index (χ0) is 12.3. The number of halogens is 1. The Kier molecular flexibility index (Phi) is 3.55. The summed E-state index contributed by atoms with van der Waals surface area (Å²) in [7, 11) is 0. The van der Waals surface area contributed by atoms with Crippen molar-refractivity contribution >= 4 is 17.4 Å². The molecule has 3 heteroatoms. The van der Waals surface area contributed by atoms with Crippen molar-refractivity contribution in [1.82, 2.24) is 4.98 Å². The Hall–Kier alpha value is -1.67. The van der Waals surface area contributed by atoms with E-state index in [0.717, 1.165) is 5.56 Å². The fourth-order valence-corrected chi connectivity index (χ4v) is 1.65. The number of aromatic nitrogens is 1. The van der Waals surface area contributed by atoms with Gasteiger partial charge in [0.25, 0.3) is 0 Å². The molecule has 0 aliphatic carbocycles. The normalized spacial score (nSPS) is 10.2. The second-order valence-corrected chi connectivity index (χ2v) is 4.34. The molecule has 1 heterocycles. The molecule has 0 fully saturated rings. The SMILES string of the molecule is Cc1ccc(CC(=O)c2ccc(Cl)nc2)cc1. The van der Waals surface area contributed by atoms with Crippen LogP contribution in [0.1, 0.15) is 21.5 Å². The Morgan fingerprint density at radius 1 is 1.18 bits per heavy atom. The Morgan fingerprint density at radius 3 is 2.47 bits per heavy atom. The number of hydrogen-bond acceptors (Lipinski definition) is 2. The van der Waals surface area contributed by atoms with E-state index >= 15 is 0 Å². The molecule has 0 saturated heterocycles. The fourth-order valence-electron chi connectivity index (χ4n) is 1.53. The topological polar surface area (TPSA) is 30.0 Å². The predicted molar refractivity (Wildman–Crippen MR) is 68.5 cm³/mol. The number of ketones is 1. The number of nitrogens with zero attached hydrogens (tertiary/aromatic N) is 1. The van der Waals surface area contributed by atoms with Crippen LogP contribution in [-0.2, 0) is 6.42 Å². The van der Waals surface area contributed by atoms with Gasteiger partial charge < -0.3 is 0 Å². The minimum absolute atomic E-state index is 0.0537. The fraction of sp³-hybridized carbons (Fsp3) is 0.143. The standard InChI is InChI=1S/C14H12ClNO/c1-10-2-4-11(5-3-10)8-13(17)12-6-7-14(15)16-9-12/h2-7,9H,8H2,1H3. The molecular formula is C14H12ClNO. The van der Waals surface area contributed by atoms with Crippen molar-refractivity contribution in [3.63, 3.8) is 0 Å². The van der Waals surface area contributed by atoms with Gasteiger partial charge in [0.05, 0.1) is 0 Å². The van der Waals surface area contributed by atoms with Gasteiger partial charge in [-0.3, -0.25) is 4.79 Å². The first kappa shape index (κ1) is 11.8. The Labute approximate surface area is 105 Å². The Balaban J connectivity index is 2.11. The summed E-state index contributed by atoms with van der Waals surface area (Å²) in [4.78, 5) is 15.8. The molecule has 2 rings (SSSR count). The number of pyridine rings is 1. The van der Waals surface area contributed by atoms with Gasteiger partial charge in [-0.25, -0.2) is 4.98 Å². The average molecular weight is 246 g/mol. The van der Waals surface area contributed by atoms with Gasteiger partial charge in [0, 0.05) is 18.2 Å². The van der Waals surface area contributed by atoms with E-state index in [-0.39, 0.29) is 5.78 Å². The second kappa shape index (κ2) is 5.11. The van der Waals surface area contributed by atoms with E-state index in [0.29, 0.717) is 17.1 Å². The van der Waals surface area contributed by atoms with Crippen molar-refractivity contribution in [3.8, 4) is 0 Å². The van der Waals surface area contributed by atoms with Gasteiger partial charge in [-0.15, -0.1) is 0 Å². The van der Waals surface area contributed by atoms with E-state index in [9.17, 15) is 4.79 Å². The van der Waals surface area contributed by atoms with E-state index in [1.54, 1.807) is 12.1 Å². The Morgan fingerprint density at radius 2 is 1.88 bits per heavy atom. The minimum atomic E-state index is 0.0537. The maximum absolute atomic E-state index is 11.9. The summed E-state index contributed by atoms with van der Waals surface area (Å²) >= 11 is 5.67. The molecule has 0 spiro atoms. The smallest absolute Gasteiger partial charge is 0.168 e. The molecule has 0 N–H and O–H groups in total. The molecule has 0 aliphatic rings. The van der Waals surface area contributed by atoms with Crippen molar-refractivity contribution in [1.29, 1.82) is 0 Å². The summed E-state index contributed by atoms with van der Waals surface area (Å²) < 4.78 is 0. The van der Waals surface area contributed by atoms with Crippen molar-refractivity contribution in [2.45, 2.75) is 13.3 Å². The number of carbonyl (C=O) groups is 1. The molecule has 1 aromatic heterocycles. The largest absolute Gasteiger partial charge is 0.294 e. The lowest BCUT2D eigenvalue weighted by molar-refractivity contribution is 0.0992.